The van der Waals surface area contributed by atoms with E-state index < -0.39 is 10.0 Å². The SMILES string of the molecule is COc1ccc(CCNC(=O)CCN(C2CCCCC2)S(C)(=O)=O)cc1. The summed E-state index contributed by atoms with van der Waals surface area (Å²) >= 11 is 0. The van der Waals surface area contributed by atoms with Crippen molar-refractivity contribution in [3.63, 3.8) is 0 Å². The van der Waals surface area contributed by atoms with Gasteiger partial charge >= 0.3 is 0 Å². The number of nitrogens with one attached hydrogen (secondary N) is 1. The van der Waals surface area contributed by atoms with E-state index in [-0.39, 0.29) is 24.9 Å². The molecule has 0 radical (unpaired) electrons. The summed E-state index contributed by atoms with van der Waals surface area (Å²) in [6.45, 7) is 0.797. The number of rotatable bonds is 9. The summed E-state index contributed by atoms with van der Waals surface area (Å²) in [5, 5.41) is 2.88. The summed E-state index contributed by atoms with van der Waals surface area (Å²) in [6.07, 6.45) is 7.25. The zero-order chi connectivity index (χ0) is 19.0. The third-order valence-corrected chi connectivity index (χ3v) is 6.19. The third-order valence-electron chi connectivity index (χ3n) is 4.86. The van der Waals surface area contributed by atoms with E-state index in [4.69, 9.17) is 4.74 Å². The number of carbonyl (C=O) groups excluding carboxylic acids is 1. The van der Waals surface area contributed by atoms with E-state index in [2.05, 4.69) is 5.32 Å². The minimum atomic E-state index is -3.29. The van der Waals surface area contributed by atoms with Crippen LogP contribution in [-0.4, -0.2) is 51.1 Å². The van der Waals surface area contributed by atoms with Crippen LogP contribution in [0, 0.1) is 0 Å². The lowest BCUT2D eigenvalue weighted by molar-refractivity contribution is -0.121. The second-order valence-electron chi connectivity index (χ2n) is 6.86. The fourth-order valence-corrected chi connectivity index (χ4v) is 4.60. The highest BCUT2D eigenvalue weighted by molar-refractivity contribution is 7.88. The summed E-state index contributed by atoms with van der Waals surface area (Å²) in [4.78, 5) is 12.1. The van der Waals surface area contributed by atoms with Crippen LogP contribution in [0.2, 0.25) is 0 Å². The van der Waals surface area contributed by atoms with Gasteiger partial charge in [-0.1, -0.05) is 31.4 Å². The number of nitrogens with zero attached hydrogens (tertiary/aromatic N) is 1. The Morgan fingerprint density at radius 1 is 1.19 bits per heavy atom. The Morgan fingerprint density at radius 2 is 1.85 bits per heavy atom. The lowest BCUT2D eigenvalue weighted by Gasteiger charge is -2.32. The van der Waals surface area contributed by atoms with Crippen molar-refractivity contribution in [3.8, 4) is 5.75 Å². The van der Waals surface area contributed by atoms with Crippen molar-refractivity contribution in [1.29, 1.82) is 0 Å². The first-order valence-electron chi connectivity index (χ1n) is 9.26. The molecule has 0 aromatic heterocycles. The molecular formula is C19H30N2O4S. The van der Waals surface area contributed by atoms with Gasteiger partial charge in [-0.3, -0.25) is 4.79 Å². The van der Waals surface area contributed by atoms with Crippen molar-refractivity contribution < 1.29 is 17.9 Å². The highest BCUT2D eigenvalue weighted by atomic mass is 32.2. The molecule has 1 aliphatic rings. The van der Waals surface area contributed by atoms with E-state index in [1.807, 2.05) is 24.3 Å². The maximum absolute atomic E-state index is 12.1. The molecule has 146 valence electrons. The van der Waals surface area contributed by atoms with Gasteiger partial charge in [-0.05, 0) is 37.0 Å². The molecule has 7 heteroatoms. The summed E-state index contributed by atoms with van der Waals surface area (Å²) in [7, 11) is -1.66. The zero-order valence-corrected chi connectivity index (χ0v) is 16.6. The minimum absolute atomic E-state index is 0.0471. The molecule has 0 bridgehead atoms. The molecule has 1 fully saturated rings. The normalized spacial score (nSPS) is 15.8. The van der Waals surface area contributed by atoms with Gasteiger partial charge in [0.2, 0.25) is 15.9 Å². The molecule has 1 aromatic rings. The molecular weight excluding hydrogens is 352 g/mol. The molecule has 1 N–H and O–H groups in total. The molecule has 0 unspecified atom stereocenters. The summed E-state index contributed by atoms with van der Waals surface area (Å²) in [6, 6.07) is 7.78. The van der Waals surface area contributed by atoms with E-state index in [0.717, 1.165) is 43.4 Å². The van der Waals surface area contributed by atoms with Gasteiger partial charge in [0.15, 0.2) is 0 Å². The average molecular weight is 383 g/mol. The van der Waals surface area contributed by atoms with Gasteiger partial charge < -0.3 is 10.1 Å². The number of sulfonamides is 1. The Kier molecular flexibility index (Phi) is 7.90. The number of methoxy groups -OCH3 is 1. The van der Waals surface area contributed by atoms with Gasteiger partial charge in [0.05, 0.1) is 13.4 Å². The summed E-state index contributed by atoms with van der Waals surface area (Å²) in [5.74, 6) is 0.698. The van der Waals surface area contributed by atoms with Crippen LogP contribution < -0.4 is 10.1 Å². The van der Waals surface area contributed by atoms with Crippen LogP contribution in [0.4, 0.5) is 0 Å². The Labute approximate surface area is 157 Å². The standard InChI is InChI=1S/C19H30N2O4S/c1-25-18-10-8-16(9-11-18)12-14-20-19(22)13-15-21(26(2,23)24)17-6-4-3-5-7-17/h8-11,17H,3-7,12-15H2,1-2H3,(H,20,22). The smallest absolute Gasteiger partial charge is 0.221 e. The largest absolute Gasteiger partial charge is 0.497 e. The van der Waals surface area contributed by atoms with E-state index >= 15 is 0 Å². The number of carbonyl (C=O) groups is 1. The molecule has 1 aliphatic carbocycles. The van der Waals surface area contributed by atoms with Crippen molar-refractivity contribution in [3.05, 3.63) is 29.8 Å². The predicted molar refractivity (Wildman–Crippen MR) is 103 cm³/mol. The molecule has 6 nitrogen and oxygen atoms in total. The van der Waals surface area contributed by atoms with Crippen molar-refractivity contribution in [2.45, 2.75) is 51.0 Å². The van der Waals surface area contributed by atoms with Gasteiger partial charge in [-0.25, -0.2) is 8.42 Å². The number of hydrogen-bond acceptors (Lipinski definition) is 4. The van der Waals surface area contributed by atoms with Crippen LogP contribution >= 0.6 is 0 Å². The molecule has 1 saturated carbocycles. The topological polar surface area (TPSA) is 75.7 Å². The third kappa shape index (κ3) is 6.61. The summed E-state index contributed by atoms with van der Waals surface area (Å²) < 4.78 is 30.8. The Morgan fingerprint density at radius 3 is 2.42 bits per heavy atom. The maximum Gasteiger partial charge on any atom is 0.221 e. The van der Waals surface area contributed by atoms with Crippen molar-refractivity contribution >= 4 is 15.9 Å². The second kappa shape index (κ2) is 9.92. The molecule has 0 spiro atoms. The van der Waals surface area contributed by atoms with Crippen LogP contribution in [0.5, 0.6) is 5.75 Å². The lowest BCUT2D eigenvalue weighted by Crippen LogP contribution is -2.42. The van der Waals surface area contributed by atoms with Crippen LogP contribution in [-0.2, 0) is 21.2 Å². The molecule has 2 rings (SSSR count). The van der Waals surface area contributed by atoms with E-state index in [0.29, 0.717) is 6.54 Å². The Bertz CT molecular complexity index is 667. The molecule has 1 amide bonds. The van der Waals surface area contributed by atoms with Crippen LogP contribution in [0.25, 0.3) is 0 Å². The first-order valence-corrected chi connectivity index (χ1v) is 11.1. The van der Waals surface area contributed by atoms with Gasteiger partial charge in [-0.15, -0.1) is 0 Å². The minimum Gasteiger partial charge on any atom is -0.497 e. The van der Waals surface area contributed by atoms with Crippen molar-refractivity contribution in [2.24, 2.45) is 0 Å². The highest BCUT2D eigenvalue weighted by Crippen LogP contribution is 2.24. The molecule has 1 aromatic carbocycles. The Hall–Kier alpha value is -1.60. The lowest BCUT2D eigenvalue weighted by atomic mass is 9.95. The summed E-state index contributed by atoms with van der Waals surface area (Å²) in [5.41, 5.74) is 1.12. The van der Waals surface area contributed by atoms with Gasteiger partial charge in [0.25, 0.3) is 0 Å². The predicted octanol–water partition coefficient (Wildman–Crippen LogP) is 2.34. The monoisotopic (exact) mass is 382 g/mol. The van der Waals surface area contributed by atoms with Crippen LogP contribution in [0.3, 0.4) is 0 Å². The quantitative estimate of drug-likeness (QED) is 0.711. The van der Waals surface area contributed by atoms with Crippen LogP contribution in [0.15, 0.2) is 24.3 Å². The van der Waals surface area contributed by atoms with Crippen LogP contribution in [0.1, 0.15) is 44.1 Å². The molecule has 0 heterocycles. The number of amides is 1. The Balaban J connectivity index is 1.76. The average Bonchev–Trinajstić information content (AvgIpc) is 2.62. The molecule has 0 aliphatic heterocycles. The molecule has 26 heavy (non-hydrogen) atoms. The first-order chi connectivity index (χ1) is 12.4. The second-order valence-corrected chi connectivity index (χ2v) is 8.80. The number of hydrogen-bond donors (Lipinski definition) is 1. The van der Waals surface area contributed by atoms with Crippen molar-refractivity contribution in [1.82, 2.24) is 9.62 Å². The van der Waals surface area contributed by atoms with Gasteiger partial charge in [0.1, 0.15) is 5.75 Å². The number of ether oxygens (including phenoxy) is 1. The van der Waals surface area contributed by atoms with Gasteiger partial charge in [-0.2, -0.15) is 4.31 Å². The van der Waals surface area contributed by atoms with Gasteiger partial charge in [0, 0.05) is 25.6 Å². The van der Waals surface area contributed by atoms with E-state index in [1.165, 1.54) is 17.0 Å². The highest BCUT2D eigenvalue weighted by Gasteiger charge is 2.28. The first kappa shape index (κ1) is 20.7. The fourth-order valence-electron chi connectivity index (χ4n) is 3.43. The molecule has 0 saturated heterocycles. The van der Waals surface area contributed by atoms with Crippen molar-refractivity contribution in [2.75, 3.05) is 26.5 Å². The maximum atomic E-state index is 12.1. The van der Waals surface area contributed by atoms with E-state index in [9.17, 15) is 13.2 Å². The zero-order valence-electron chi connectivity index (χ0n) is 15.7. The molecule has 0 atom stereocenters. The fraction of sp³-hybridized carbons (Fsp3) is 0.632. The van der Waals surface area contributed by atoms with E-state index in [1.54, 1.807) is 7.11 Å². The number of benzene rings is 1.